The van der Waals surface area contributed by atoms with Gasteiger partial charge in [0.15, 0.2) is 9.50 Å². The van der Waals surface area contributed by atoms with Crippen molar-refractivity contribution in [2.45, 2.75) is 29.8 Å². The maximum absolute atomic E-state index is 10.7. The standard InChI is InChI=1S/C11H11N3O2S2/c1-6-4-12-10(13-5-6)18-11-14-7(2)8(17-11)3-9(15)16/h4-5H,3H2,1-2H3,(H,15,16). The molecule has 0 saturated heterocycles. The van der Waals surface area contributed by atoms with Gasteiger partial charge in [0, 0.05) is 17.3 Å². The molecule has 2 aromatic rings. The highest BCUT2D eigenvalue weighted by Gasteiger charge is 2.12. The average molecular weight is 281 g/mol. The number of hydrogen-bond donors (Lipinski definition) is 1. The minimum Gasteiger partial charge on any atom is -0.481 e. The first kappa shape index (κ1) is 13.0. The SMILES string of the molecule is Cc1cnc(Sc2nc(C)c(CC(=O)O)s2)nc1. The molecule has 0 aliphatic carbocycles. The number of carbonyl (C=O) groups is 1. The molecular formula is C11H11N3O2S2. The molecule has 0 fully saturated rings. The van der Waals surface area contributed by atoms with Crippen LogP contribution in [0.2, 0.25) is 0 Å². The first-order valence-electron chi connectivity index (χ1n) is 5.19. The Bertz CT molecular complexity index is 566. The average Bonchev–Trinajstić information content (AvgIpc) is 2.62. The van der Waals surface area contributed by atoms with Crippen LogP contribution in [0.3, 0.4) is 0 Å². The molecular weight excluding hydrogens is 270 g/mol. The highest BCUT2D eigenvalue weighted by molar-refractivity contribution is 8.00. The zero-order chi connectivity index (χ0) is 13.1. The topological polar surface area (TPSA) is 76.0 Å². The van der Waals surface area contributed by atoms with Gasteiger partial charge >= 0.3 is 5.97 Å². The van der Waals surface area contributed by atoms with E-state index < -0.39 is 5.97 Å². The molecule has 5 nitrogen and oxygen atoms in total. The van der Waals surface area contributed by atoms with Crippen LogP contribution in [0.25, 0.3) is 0 Å². The summed E-state index contributed by atoms with van der Waals surface area (Å²) >= 11 is 2.73. The number of aryl methyl sites for hydroxylation is 2. The Hall–Kier alpha value is -1.47. The van der Waals surface area contributed by atoms with Gasteiger partial charge in [-0.2, -0.15) is 0 Å². The van der Waals surface area contributed by atoms with Crippen LogP contribution in [0.15, 0.2) is 21.9 Å². The largest absolute Gasteiger partial charge is 0.481 e. The second-order valence-electron chi connectivity index (χ2n) is 3.70. The van der Waals surface area contributed by atoms with Crippen molar-refractivity contribution in [3.05, 3.63) is 28.5 Å². The van der Waals surface area contributed by atoms with Crippen molar-refractivity contribution in [3.63, 3.8) is 0 Å². The molecule has 2 rings (SSSR count). The van der Waals surface area contributed by atoms with Crippen LogP contribution < -0.4 is 0 Å². The van der Waals surface area contributed by atoms with Gasteiger partial charge in [-0.3, -0.25) is 4.79 Å². The molecule has 0 radical (unpaired) electrons. The monoisotopic (exact) mass is 281 g/mol. The molecule has 18 heavy (non-hydrogen) atoms. The van der Waals surface area contributed by atoms with Gasteiger partial charge in [-0.1, -0.05) is 0 Å². The van der Waals surface area contributed by atoms with Gasteiger partial charge < -0.3 is 5.11 Å². The summed E-state index contributed by atoms with van der Waals surface area (Å²) in [5.74, 6) is -0.843. The molecule has 1 N–H and O–H groups in total. The Kier molecular flexibility index (Phi) is 3.93. The number of carboxylic acids is 1. The van der Waals surface area contributed by atoms with E-state index in [0.29, 0.717) is 5.16 Å². The van der Waals surface area contributed by atoms with E-state index in [-0.39, 0.29) is 6.42 Å². The van der Waals surface area contributed by atoms with E-state index in [1.165, 1.54) is 23.1 Å². The van der Waals surface area contributed by atoms with Crippen LogP contribution in [0, 0.1) is 13.8 Å². The van der Waals surface area contributed by atoms with E-state index >= 15 is 0 Å². The summed E-state index contributed by atoms with van der Waals surface area (Å²) in [6, 6.07) is 0. The minimum atomic E-state index is -0.843. The first-order valence-corrected chi connectivity index (χ1v) is 6.82. The van der Waals surface area contributed by atoms with Crippen molar-refractivity contribution in [1.29, 1.82) is 0 Å². The number of nitrogens with zero attached hydrogens (tertiary/aromatic N) is 3. The molecule has 0 aromatic carbocycles. The minimum absolute atomic E-state index is 0.0127. The smallest absolute Gasteiger partial charge is 0.308 e. The molecule has 0 amide bonds. The summed E-state index contributed by atoms with van der Waals surface area (Å²) < 4.78 is 0.771. The number of rotatable bonds is 4. The van der Waals surface area contributed by atoms with Gasteiger partial charge in [-0.15, -0.1) is 11.3 Å². The molecule has 0 aliphatic rings. The van der Waals surface area contributed by atoms with E-state index in [1.807, 2.05) is 13.8 Å². The third-order valence-corrected chi connectivity index (χ3v) is 4.23. The van der Waals surface area contributed by atoms with E-state index in [2.05, 4.69) is 15.0 Å². The summed E-state index contributed by atoms with van der Waals surface area (Å²) in [6.45, 7) is 3.74. The van der Waals surface area contributed by atoms with Crippen LogP contribution in [0.5, 0.6) is 0 Å². The van der Waals surface area contributed by atoms with Gasteiger partial charge in [0.1, 0.15) is 0 Å². The number of aliphatic carboxylic acids is 1. The molecule has 7 heteroatoms. The predicted octanol–water partition coefficient (Wildman–Crippen LogP) is 2.33. The lowest BCUT2D eigenvalue weighted by Crippen LogP contribution is -1.99. The van der Waals surface area contributed by atoms with E-state index in [1.54, 1.807) is 12.4 Å². The molecule has 0 aliphatic heterocycles. The van der Waals surface area contributed by atoms with Crippen molar-refractivity contribution in [3.8, 4) is 0 Å². The van der Waals surface area contributed by atoms with Crippen molar-refractivity contribution < 1.29 is 9.90 Å². The maximum Gasteiger partial charge on any atom is 0.308 e. The summed E-state index contributed by atoms with van der Waals surface area (Å²) in [4.78, 5) is 24.1. The van der Waals surface area contributed by atoms with Crippen molar-refractivity contribution >= 4 is 29.1 Å². The van der Waals surface area contributed by atoms with Crippen LogP contribution >= 0.6 is 23.1 Å². The normalized spacial score (nSPS) is 10.6. The third-order valence-electron chi connectivity index (χ3n) is 2.12. The maximum atomic E-state index is 10.7. The fourth-order valence-corrected chi connectivity index (χ4v) is 3.28. The highest BCUT2D eigenvalue weighted by atomic mass is 32.2. The Morgan fingerprint density at radius 2 is 2.06 bits per heavy atom. The summed E-state index contributed by atoms with van der Waals surface area (Å²) in [5, 5.41) is 9.39. The lowest BCUT2D eigenvalue weighted by atomic mass is 10.3. The molecule has 0 spiro atoms. The van der Waals surface area contributed by atoms with E-state index in [9.17, 15) is 4.79 Å². The Morgan fingerprint density at radius 3 is 2.67 bits per heavy atom. The van der Waals surface area contributed by atoms with Crippen LogP contribution in [-0.4, -0.2) is 26.0 Å². The number of aromatic nitrogens is 3. The van der Waals surface area contributed by atoms with E-state index in [0.717, 1.165) is 20.5 Å². The Morgan fingerprint density at radius 1 is 1.39 bits per heavy atom. The van der Waals surface area contributed by atoms with Gasteiger partial charge in [-0.05, 0) is 31.2 Å². The predicted molar refractivity (Wildman–Crippen MR) is 69.1 cm³/mol. The molecule has 94 valence electrons. The third kappa shape index (κ3) is 3.27. The van der Waals surface area contributed by atoms with Crippen LogP contribution in [-0.2, 0) is 11.2 Å². The lowest BCUT2D eigenvalue weighted by molar-refractivity contribution is -0.136. The Labute approximate surface area is 112 Å². The lowest BCUT2D eigenvalue weighted by Gasteiger charge is -1.95. The second kappa shape index (κ2) is 5.45. The van der Waals surface area contributed by atoms with Crippen molar-refractivity contribution in [2.24, 2.45) is 0 Å². The fraction of sp³-hybridized carbons (Fsp3) is 0.273. The van der Waals surface area contributed by atoms with E-state index in [4.69, 9.17) is 5.11 Å². The number of hydrogen-bond acceptors (Lipinski definition) is 6. The Balaban J connectivity index is 2.14. The fourth-order valence-electron chi connectivity index (χ4n) is 1.26. The molecule has 2 aromatic heterocycles. The number of carboxylic acid groups (broad SMARTS) is 1. The summed E-state index contributed by atoms with van der Waals surface area (Å²) in [6.07, 6.45) is 3.50. The second-order valence-corrected chi connectivity index (χ2v) is 6.00. The van der Waals surface area contributed by atoms with Crippen molar-refractivity contribution in [1.82, 2.24) is 15.0 Å². The molecule has 0 bridgehead atoms. The molecule has 2 heterocycles. The molecule has 0 unspecified atom stereocenters. The first-order chi connectivity index (χ1) is 8.54. The van der Waals surface area contributed by atoms with Crippen LogP contribution in [0.1, 0.15) is 16.1 Å². The summed E-state index contributed by atoms with van der Waals surface area (Å²) in [7, 11) is 0. The van der Waals surface area contributed by atoms with Gasteiger partial charge in [0.2, 0.25) is 0 Å². The molecule has 0 atom stereocenters. The van der Waals surface area contributed by atoms with Crippen molar-refractivity contribution in [2.75, 3.05) is 0 Å². The highest BCUT2D eigenvalue weighted by Crippen LogP contribution is 2.31. The zero-order valence-electron chi connectivity index (χ0n) is 9.88. The zero-order valence-corrected chi connectivity index (χ0v) is 11.5. The quantitative estimate of drug-likeness (QED) is 0.867. The van der Waals surface area contributed by atoms with Gasteiger partial charge in [0.25, 0.3) is 0 Å². The van der Waals surface area contributed by atoms with Crippen LogP contribution in [0.4, 0.5) is 0 Å². The van der Waals surface area contributed by atoms with Gasteiger partial charge in [-0.25, -0.2) is 15.0 Å². The number of thiazole rings is 1. The van der Waals surface area contributed by atoms with Gasteiger partial charge in [0.05, 0.1) is 12.1 Å². The molecule has 0 saturated carbocycles. The summed E-state index contributed by atoms with van der Waals surface area (Å²) in [5.41, 5.74) is 1.76.